The van der Waals surface area contributed by atoms with E-state index in [2.05, 4.69) is 5.32 Å². The molecule has 4 heteroatoms. The molecule has 1 aliphatic rings. The van der Waals surface area contributed by atoms with Gasteiger partial charge in [0.2, 0.25) is 6.79 Å². The predicted molar refractivity (Wildman–Crippen MR) is 51.4 cm³/mol. The molecule has 0 radical (unpaired) electrons. The number of hydrogen-bond donors (Lipinski definition) is 2. The van der Waals surface area contributed by atoms with Crippen LogP contribution >= 0.6 is 0 Å². The Morgan fingerprint density at radius 2 is 2.14 bits per heavy atom. The van der Waals surface area contributed by atoms with Gasteiger partial charge in [0.1, 0.15) is 0 Å². The maximum absolute atomic E-state index is 8.59. The first-order chi connectivity index (χ1) is 6.90. The van der Waals surface area contributed by atoms with E-state index in [1.54, 1.807) is 0 Å². The third-order valence-electron chi connectivity index (χ3n) is 2.05. The molecule has 0 atom stereocenters. The smallest absolute Gasteiger partial charge is 0.231 e. The minimum absolute atomic E-state index is 0.157. The summed E-state index contributed by atoms with van der Waals surface area (Å²) in [5.74, 6) is 1.60. The number of nitrogens with one attached hydrogen (secondary N) is 1. The lowest BCUT2D eigenvalue weighted by atomic mass is 10.2. The Bertz CT molecular complexity index is 314. The molecule has 0 unspecified atom stereocenters. The van der Waals surface area contributed by atoms with Crippen LogP contribution in [0.5, 0.6) is 11.5 Å². The second-order valence-corrected chi connectivity index (χ2v) is 3.09. The minimum Gasteiger partial charge on any atom is -0.454 e. The summed E-state index contributed by atoms with van der Waals surface area (Å²) in [6, 6.07) is 5.84. The van der Waals surface area contributed by atoms with Crippen molar-refractivity contribution in [1.82, 2.24) is 5.32 Å². The highest BCUT2D eigenvalue weighted by atomic mass is 16.7. The summed E-state index contributed by atoms with van der Waals surface area (Å²) in [4.78, 5) is 0. The molecule has 2 N–H and O–H groups in total. The molecule has 0 spiro atoms. The second-order valence-electron chi connectivity index (χ2n) is 3.09. The Hall–Kier alpha value is -1.26. The summed E-state index contributed by atoms with van der Waals surface area (Å²) < 4.78 is 10.4. The van der Waals surface area contributed by atoms with Gasteiger partial charge in [-0.25, -0.2) is 0 Å². The fourth-order valence-electron chi connectivity index (χ4n) is 1.36. The van der Waals surface area contributed by atoms with Gasteiger partial charge >= 0.3 is 0 Å². The van der Waals surface area contributed by atoms with Gasteiger partial charge in [-0.1, -0.05) is 6.07 Å². The molecule has 14 heavy (non-hydrogen) atoms. The van der Waals surface area contributed by atoms with Gasteiger partial charge in [-0.2, -0.15) is 0 Å². The predicted octanol–water partition coefficient (Wildman–Crippen LogP) is 0.497. The standard InChI is InChI=1S/C10H13NO3/c12-4-3-11-6-8-1-2-9-10(5-8)14-7-13-9/h1-2,5,11-12H,3-4,6-7H2. The molecule has 0 bridgehead atoms. The Labute approximate surface area is 82.5 Å². The van der Waals surface area contributed by atoms with Crippen molar-refractivity contribution < 1.29 is 14.6 Å². The Kier molecular flexibility index (Phi) is 2.86. The molecule has 1 aliphatic heterocycles. The van der Waals surface area contributed by atoms with Crippen LogP contribution in [-0.2, 0) is 6.54 Å². The van der Waals surface area contributed by atoms with Crippen molar-refractivity contribution in [2.75, 3.05) is 19.9 Å². The highest BCUT2D eigenvalue weighted by molar-refractivity contribution is 5.44. The highest BCUT2D eigenvalue weighted by Crippen LogP contribution is 2.32. The minimum atomic E-state index is 0.157. The van der Waals surface area contributed by atoms with Crippen molar-refractivity contribution in [3.8, 4) is 11.5 Å². The summed E-state index contributed by atoms with van der Waals surface area (Å²) in [6.45, 7) is 1.80. The molecule has 0 aliphatic carbocycles. The van der Waals surface area contributed by atoms with E-state index in [1.165, 1.54) is 0 Å². The zero-order chi connectivity index (χ0) is 9.80. The molecule has 2 rings (SSSR count). The Morgan fingerprint density at radius 1 is 1.29 bits per heavy atom. The average molecular weight is 195 g/mol. The van der Waals surface area contributed by atoms with E-state index in [4.69, 9.17) is 14.6 Å². The monoisotopic (exact) mass is 195 g/mol. The van der Waals surface area contributed by atoms with Crippen LogP contribution in [0, 0.1) is 0 Å². The van der Waals surface area contributed by atoms with E-state index in [1.807, 2.05) is 18.2 Å². The van der Waals surface area contributed by atoms with Gasteiger partial charge in [0, 0.05) is 13.1 Å². The lowest BCUT2D eigenvalue weighted by Crippen LogP contribution is -2.17. The Balaban J connectivity index is 1.98. The number of rotatable bonds is 4. The van der Waals surface area contributed by atoms with Gasteiger partial charge in [-0.3, -0.25) is 0 Å². The van der Waals surface area contributed by atoms with Crippen LogP contribution < -0.4 is 14.8 Å². The molecule has 76 valence electrons. The zero-order valence-corrected chi connectivity index (χ0v) is 7.82. The molecular formula is C10H13NO3. The lowest BCUT2D eigenvalue weighted by Gasteiger charge is -2.03. The van der Waals surface area contributed by atoms with Gasteiger partial charge in [-0.05, 0) is 17.7 Å². The fraction of sp³-hybridized carbons (Fsp3) is 0.400. The normalized spacial score (nSPS) is 13.2. The van der Waals surface area contributed by atoms with Crippen LogP contribution in [0.25, 0.3) is 0 Å². The van der Waals surface area contributed by atoms with Gasteiger partial charge in [0.05, 0.1) is 6.61 Å². The van der Waals surface area contributed by atoms with Crippen LogP contribution in [0.2, 0.25) is 0 Å². The molecule has 1 heterocycles. The van der Waals surface area contributed by atoms with Gasteiger partial charge in [-0.15, -0.1) is 0 Å². The van der Waals surface area contributed by atoms with Crippen LogP contribution in [0.3, 0.4) is 0 Å². The first kappa shape index (κ1) is 9.30. The van der Waals surface area contributed by atoms with E-state index >= 15 is 0 Å². The molecule has 1 aromatic carbocycles. The van der Waals surface area contributed by atoms with Crippen LogP contribution in [0.4, 0.5) is 0 Å². The second kappa shape index (κ2) is 4.30. The third-order valence-corrected chi connectivity index (χ3v) is 2.05. The maximum atomic E-state index is 8.59. The third kappa shape index (κ3) is 1.97. The number of benzene rings is 1. The summed E-state index contributed by atoms with van der Waals surface area (Å²) in [5.41, 5.74) is 1.13. The van der Waals surface area contributed by atoms with Crippen molar-refractivity contribution in [2.45, 2.75) is 6.54 Å². The number of aliphatic hydroxyl groups is 1. The summed E-state index contributed by atoms with van der Waals surface area (Å²) in [5, 5.41) is 11.7. The first-order valence-corrected chi connectivity index (χ1v) is 4.60. The summed E-state index contributed by atoms with van der Waals surface area (Å²) in [6.07, 6.45) is 0. The maximum Gasteiger partial charge on any atom is 0.231 e. The first-order valence-electron chi connectivity index (χ1n) is 4.60. The molecular weight excluding hydrogens is 182 g/mol. The van der Waals surface area contributed by atoms with Crippen molar-refractivity contribution in [1.29, 1.82) is 0 Å². The van der Waals surface area contributed by atoms with E-state index < -0.39 is 0 Å². The van der Waals surface area contributed by atoms with Crippen LogP contribution in [0.1, 0.15) is 5.56 Å². The van der Waals surface area contributed by atoms with Crippen molar-refractivity contribution >= 4 is 0 Å². The van der Waals surface area contributed by atoms with Gasteiger partial charge in [0.15, 0.2) is 11.5 Å². The lowest BCUT2D eigenvalue weighted by molar-refractivity contribution is 0.174. The van der Waals surface area contributed by atoms with E-state index in [0.29, 0.717) is 13.3 Å². The average Bonchev–Trinajstić information content (AvgIpc) is 2.65. The SMILES string of the molecule is OCCNCc1ccc2c(c1)OCO2. The summed E-state index contributed by atoms with van der Waals surface area (Å²) >= 11 is 0. The zero-order valence-electron chi connectivity index (χ0n) is 7.82. The van der Waals surface area contributed by atoms with E-state index in [9.17, 15) is 0 Å². The molecule has 0 saturated carbocycles. The number of hydrogen-bond acceptors (Lipinski definition) is 4. The van der Waals surface area contributed by atoms with Gasteiger partial charge in [0.25, 0.3) is 0 Å². The van der Waals surface area contributed by atoms with Gasteiger partial charge < -0.3 is 19.9 Å². The fourth-order valence-corrected chi connectivity index (χ4v) is 1.36. The summed E-state index contributed by atoms with van der Waals surface area (Å²) in [7, 11) is 0. The van der Waals surface area contributed by atoms with Crippen molar-refractivity contribution in [3.63, 3.8) is 0 Å². The molecule has 1 aromatic rings. The number of aliphatic hydroxyl groups excluding tert-OH is 1. The largest absolute Gasteiger partial charge is 0.454 e. The number of ether oxygens (including phenoxy) is 2. The quantitative estimate of drug-likeness (QED) is 0.687. The molecule has 4 nitrogen and oxygen atoms in total. The van der Waals surface area contributed by atoms with E-state index in [-0.39, 0.29) is 6.61 Å². The van der Waals surface area contributed by atoms with E-state index in [0.717, 1.165) is 23.6 Å². The molecule has 0 saturated heterocycles. The molecule has 0 aromatic heterocycles. The Morgan fingerprint density at radius 3 is 3.00 bits per heavy atom. The van der Waals surface area contributed by atoms with Crippen molar-refractivity contribution in [2.24, 2.45) is 0 Å². The van der Waals surface area contributed by atoms with Crippen LogP contribution in [-0.4, -0.2) is 25.1 Å². The number of fused-ring (bicyclic) bond motifs is 1. The van der Waals surface area contributed by atoms with Crippen molar-refractivity contribution in [3.05, 3.63) is 23.8 Å². The topological polar surface area (TPSA) is 50.7 Å². The highest BCUT2D eigenvalue weighted by Gasteiger charge is 2.12. The molecule has 0 amide bonds. The van der Waals surface area contributed by atoms with Crippen LogP contribution in [0.15, 0.2) is 18.2 Å². The molecule has 0 fully saturated rings.